The molecule has 1 fully saturated rings. The zero-order valence-electron chi connectivity index (χ0n) is 13.8. The number of nitrogens with two attached hydrogens (primary N) is 1. The molecule has 0 spiro atoms. The summed E-state index contributed by atoms with van der Waals surface area (Å²) in [5, 5.41) is 7.15. The van der Waals surface area contributed by atoms with E-state index in [4.69, 9.17) is 5.84 Å². The maximum absolute atomic E-state index is 12.7. The van der Waals surface area contributed by atoms with Crippen molar-refractivity contribution in [2.24, 2.45) is 0 Å². The second-order valence-electron chi connectivity index (χ2n) is 5.68. The molecule has 0 radical (unpaired) electrons. The largest absolute Gasteiger partial charge is 0.338 e. The van der Waals surface area contributed by atoms with E-state index in [-0.39, 0.29) is 34.3 Å². The molecule has 2 N–H and O–H groups in total. The summed E-state index contributed by atoms with van der Waals surface area (Å²) in [5.41, 5.74) is -0.298. The number of aryl methyl sites for hydroxylation is 1. The summed E-state index contributed by atoms with van der Waals surface area (Å²) in [7, 11) is -3.07. The van der Waals surface area contributed by atoms with Crippen LogP contribution in [-0.4, -0.2) is 63.4 Å². The van der Waals surface area contributed by atoms with Gasteiger partial charge in [-0.3, -0.25) is 9.59 Å². The van der Waals surface area contributed by atoms with Crippen molar-refractivity contribution in [2.75, 3.05) is 23.9 Å². The van der Waals surface area contributed by atoms with Crippen LogP contribution in [0.4, 0.5) is 0 Å². The lowest BCUT2D eigenvalue weighted by molar-refractivity contribution is -0.131. The Hall–Kier alpha value is -1.62. The van der Waals surface area contributed by atoms with Gasteiger partial charge in [-0.15, -0.1) is 10.2 Å². The molecule has 0 bridgehead atoms. The first-order valence-corrected chi connectivity index (χ1v) is 10.3. The summed E-state index contributed by atoms with van der Waals surface area (Å²) in [6.45, 7) is 5.40. The van der Waals surface area contributed by atoms with Gasteiger partial charge in [0.2, 0.25) is 11.1 Å². The number of thioether (sulfide) groups is 1. The number of aromatic nitrogens is 3. The molecule has 1 aromatic rings. The number of hydrogen-bond donors (Lipinski definition) is 1. The van der Waals surface area contributed by atoms with Gasteiger partial charge in [-0.1, -0.05) is 11.8 Å². The van der Waals surface area contributed by atoms with Crippen LogP contribution in [0.5, 0.6) is 0 Å². The van der Waals surface area contributed by atoms with E-state index in [1.54, 1.807) is 11.8 Å². The second kappa shape index (κ2) is 7.09. The number of rotatable bonds is 5. The molecule has 1 saturated heterocycles. The standard InChI is InChI=1S/C13H21N5O4S2/c1-4-17(10-5-6-24(21,22)7-10)12(20)9(3)23-13-16-15-8(2)11(19)18(13)14/h9-10H,4-7,14H2,1-3H3. The van der Waals surface area contributed by atoms with Gasteiger partial charge in [0.15, 0.2) is 9.84 Å². The first-order valence-electron chi connectivity index (χ1n) is 7.55. The highest BCUT2D eigenvalue weighted by Crippen LogP contribution is 2.24. The molecule has 0 aromatic carbocycles. The van der Waals surface area contributed by atoms with E-state index in [0.29, 0.717) is 13.0 Å². The van der Waals surface area contributed by atoms with E-state index in [2.05, 4.69) is 10.2 Å². The SMILES string of the molecule is CCN(C(=O)C(C)Sc1nnc(C)c(=O)n1N)C1CCS(=O)(=O)C1. The van der Waals surface area contributed by atoms with Gasteiger partial charge >= 0.3 is 0 Å². The maximum atomic E-state index is 12.7. The normalized spacial score (nSPS) is 20.7. The van der Waals surface area contributed by atoms with Gasteiger partial charge in [-0.25, -0.2) is 8.42 Å². The summed E-state index contributed by atoms with van der Waals surface area (Å²) in [6.07, 6.45) is 0.450. The van der Waals surface area contributed by atoms with Gasteiger partial charge in [0, 0.05) is 12.6 Å². The average molecular weight is 375 g/mol. The number of amides is 1. The molecule has 1 aliphatic rings. The molecular formula is C13H21N5O4S2. The summed E-state index contributed by atoms with van der Waals surface area (Å²) in [4.78, 5) is 26.0. The second-order valence-corrected chi connectivity index (χ2v) is 9.22. The smallest absolute Gasteiger partial charge is 0.294 e. The number of sulfone groups is 1. The predicted octanol–water partition coefficient (Wildman–Crippen LogP) is -0.823. The highest BCUT2D eigenvalue weighted by molar-refractivity contribution is 8.00. The molecule has 2 atom stereocenters. The highest BCUT2D eigenvalue weighted by Gasteiger charge is 2.35. The fourth-order valence-electron chi connectivity index (χ4n) is 2.61. The van der Waals surface area contributed by atoms with E-state index in [1.165, 1.54) is 6.92 Å². The van der Waals surface area contributed by atoms with Gasteiger partial charge in [-0.2, -0.15) is 4.68 Å². The topological polar surface area (TPSA) is 128 Å². The van der Waals surface area contributed by atoms with Gasteiger partial charge < -0.3 is 10.7 Å². The van der Waals surface area contributed by atoms with Crippen LogP contribution in [-0.2, 0) is 14.6 Å². The van der Waals surface area contributed by atoms with Gasteiger partial charge in [0.25, 0.3) is 5.56 Å². The van der Waals surface area contributed by atoms with Crippen LogP contribution in [0.2, 0.25) is 0 Å². The Labute approximate surface area is 144 Å². The number of carbonyl (C=O) groups is 1. The Morgan fingerprint density at radius 1 is 1.50 bits per heavy atom. The molecule has 134 valence electrons. The molecular weight excluding hydrogens is 354 g/mol. The van der Waals surface area contributed by atoms with Crippen LogP contribution in [0.15, 0.2) is 9.95 Å². The third-order valence-electron chi connectivity index (χ3n) is 3.92. The molecule has 2 heterocycles. The molecule has 0 saturated carbocycles. The monoisotopic (exact) mass is 375 g/mol. The van der Waals surface area contributed by atoms with Crippen molar-refractivity contribution in [3.63, 3.8) is 0 Å². The van der Waals surface area contributed by atoms with E-state index < -0.39 is 20.6 Å². The molecule has 1 aromatic heterocycles. The van der Waals surface area contributed by atoms with Crippen molar-refractivity contribution in [1.29, 1.82) is 0 Å². The molecule has 2 unspecified atom stereocenters. The highest BCUT2D eigenvalue weighted by atomic mass is 32.2. The third kappa shape index (κ3) is 3.89. The van der Waals surface area contributed by atoms with Crippen molar-refractivity contribution in [3.8, 4) is 0 Å². The van der Waals surface area contributed by atoms with Crippen LogP contribution in [0.3, 0.4) is 0 Å². The van der Waals surface area contributed by atoms with Gasteiger partial charge in [0.1, 0.15) is 5.69 Å². The van der Waals surface area contributed by atoms with Crippen molar-refractivity contribution >= 4 is 27.5 Å². The van der Waals surface area contributed by atoms with Gasteiger partial charge in [0.05, 0.1) is 16.8 Å². The summed E-state index contributed by atoms with van der Waals surface area (Å²) < 4.78 is 24.2. The maximum Gasteiger partial charge on any atom is 0.294 e. The minimum Gasteiger partial charge on any atom is -0.338 e. The van der Waals surface area contributed by atoms with Crippen molar-refractivity contribution in [3.05, 3.63) is 16.0 Å². The van der Waals surface area contributed by atoms with Crippen LogP contribution < -0.4 is 11.4 Å². The lowest BCUT2D eigenvalue weighted by atomic mass is 10.2. The van der Waals surface area contributed by atoms with Crippen LogP contribution in [0.25, 0.3) is 0 Å². The zero-order valence-corrected chi connectivity index (χ0v) is 15.4. The van der Waals surface area contributed by atoms with Crippen LogP contribution >= 0.6 is 11.8 Å². The van der Waals surface area contributed by atoms with E-state index >= 15 is 0 Å². The number of hydrogen-bond acceptors (Lipinski definition) is 8. The predicted molar refractivity (Wildman–Crippen MR) is 90.9 cm³/mol. The Kier molecular flexibility index (Phi) is 5.53. The minimum absolute atomic E-state index is 0.00407. The van der Waals surface area contributed by atoms with Crippen molar-refractivity contribution in [2.45, 2.75) is 43.6 Å². The number of nitrogen functional groups attached to an aromatic ring is 1. The lowest BCUT2D eigenvalue weighted by Crippen LogP contribution is -2.44. The molecule has 0 aliphatic carbocycles. The summed E-state index contributed by atoms with van der Waals surface area (Å²) >= 11 is 1.03. The fraction of sp³-hybridized carbons (Fsp3) is 0.692. The molecule has 24 heavy (non-hydrogen) atoms. The molecule has 1 amide bonds. The lowest BCUT2D eigenvalue weighted by Gasteiger charge is -2.29. The average Bonchev–Trinajstić information content (AvgIpc) is 2.88. The number of nitrogens with zero attached hydrogens (tertiary/aromatic N) is 4. The van der Waals surface area contributed by atoms with Crippen molar-refractivity contribution in [1.82, 2.24) is 19.8 Å². The Morgan fingerprint density at radius 2 is 2.17 bits per heavy atom. The van der Waals surface area contributed by atoms with Crippen LogP contribution in [0.1, 0.15) is 26.0 Å². The number of carbonyl (C=O) groups excluding carboxylic acids is 1. The minimum atomic E-state index is -3.07. The summed E-state index contributed by atoms with van der Waals surface area (Å²) in [6, 6.07) is -0.306. The van der Waals surface area contributed by atoms with Crippen LogP contribution in [0, 0.1) is 6.92 Å². The molecule has 11 heteroatoms. The fourth-order valence-corrected chi connectivity index (χ4v) is 5.18. The third-order valence-corrected chi connectivity index (χ3v) is 6.72. The Morgan fingerprint density at radius 3 is 2.71 bits per heavy atom. The molecule has 2 rings (SSSR count). The molecule has 1 aliphatic heterocycles. The summed E-state index contributed by atoms with van der Waals surface area (Å²) in [5.74, 6) is 5.57. The molecule has 9 nitrogen and oxygen atoms in total. The van der Waals surface area contributed by atoms with Crippen molar-refractivity contribution < 1.29 is 13.2 Å². The zero-order chi connectivity index (χ0) is 18.1. The van der Waals surface area contributed by atoms with E-state index in [9.17, 15) is 18.0 Å². The Balaban J connectivity index is 2.14. The quantitative estimate of drug-likeness (QED) is 0.522. The van der Waals surface area contributed by atoms with E-state index in [0.717, 1.165) is 16.4 Å². The first kappa shape index (κ1) is 18.7. The van der Waals surface area contributed by atoms with Gasteiger partial charge in [-0.05, 0) is 27.2 Å². The first-order chi connectivity index (χ1) is 11.2. The van der Waals surface area contributed by atoms with E-state index in [1.807, 2.05) is 6.92 Å². The Bertz CT molecular complexity index is 792.